The van der Waals surface area contributed by atoms with E-state index in [4.69, 9.17) is 4.74 Å². The Morgan fingerprint density at radius 3 is 2.96 bits per heavy atom. The summed E-state index contributed by atoms with van der Waals surface area (Å²) in [6.45, 7) is 0.490. The standard InChI is InChI=1S/C19H13N3O2S/c23-19(21-22-11-20-14-6-2-3-7-15(14)22)17-9-12-10-24-16-8-4-1-5-13(16)18(12)25-17/h1-9,11H,10H2,(H,21,23). The summed E-state index contributed by atoms with van der Waals surface area (Å²) in [5.74, 6) is 0.712. The number of aromatic nitrogens is 2. The Balaban J connectivity index is 1.49. The van der Waals surface area contributed by atoms with E-state index in [-0.39, 0.29) is 5.91 Å². The second-order valence-corrected chi connectivity index (χ2v) is 6.85. The van der Waals surface area contributed by atoms with Gasteiger partial charge in [-0.25, -0.2) is 9.66 Å². The second kappa shape index (κ2) is 5.46. The van der Waals surface area contributed by atoms with E-state index in [1.54, 1.807) is 11.0 Å². The Labute approximate surface area is 147 Å². The van der Waals surface area contributed by atoms with Crippen molar-refractivity contribution in [2.75, 3.05) is 5.43 Å². The minimum Gasteiger partial charge on any atom is -0.488 e. The molecule has 1 aliphatic heterocycles. The molecule has 122 valence electrons. The number of benzene rings is 2. The maximum Gasteiger partial charge on any atom is 0.280 e. The smallest absolute Gasteiger partial charge is 0.280 e. The fourth-order valence-corrected chi connectivity index (χ4v) is 4.11. The molecule has 0 radical (unpaired) electrons. The Kier molecular flexibility index (Phi) is 3.11. The molecule has 0 fully saturated rings. The monoisotopic (exact) mass is 347 g/mol. The van der Waals surface area contributed by atoms with Crippen molar-refractivity contribution in [2.45, 2.75) is 6.61 Å². The number of para-hydroxylation sites is 3. The van der Waals surface area contributed by atoms with Gasteiger partial charge in [-0.15, -0.1) is 11.3 Å². The SMILES string of the molecule is O=C(Nn1cnc2ccccc21)c1cc2c(s1)-c1ccccc1OC2. The summed E-state index contributed by atoms with van der Waals surface area (Å²) in [4.78, 5) is 18.7. The van der Waals surface area contributed by atoms with Crippen LogP contribution in [0, 0.1) is 0 Å². The van der Waals surface area contributed by atoms with Gasteiger partial charge in [0.25, 0.3) is 5.91 Å². The lowest BCUT2D eigenvalue weighted by molar-refractivity contribution is 0.101. The molecule has 2 aromatic heterocycles. The van der Waals surface area contributed by atoms with Crippen molar-refractivity contribution in [3.8, 4) is 16.2 Å². The van der Waals surface area contributed by atoms with E-state index < -0.39 is 0 Å². The number of carbonyl (C=O) groups excluding carboxylic acids is 1. The molecule has 4 aromatic rings. The van der Waals surface area contributed by atoms with Crippen LogP contribution >= 0.6 is 11.3 Å². The number of nitrogens with one attached hydrogen (secondary N) is 1. The normalized spacial score (nSPS) is 12.3. The first-order valence-corrected chi connectivity index (χ1v) is 8.69. The van der Waals surface area contributed by atoms with Crippen molar-refractivity contribution < 1.29 is 9.53 Å². The molecule has 5 nitrogen and oxygen atoms in total. The van der Waals surface area contributed by atoms with Crippen LogP contribution in [0.2, 0.25) is 0 Å². The van der Waals surface area contributed by atoms with Gasteiger partial charge in [0.05, 0.1) is 15.9 Å². The van der Waals surface area contributed by atoms with Crippen LogP contribution < -0.4 is 10.2 Å². The quantitative estimate of drug-likeness (QED) is 0.595. The number of carbonyl (C=O) groups is 1. The largest absolute Gasteiger partial charge is 0.488 e. The third-order valence-electron chi connectivity index (χ3n) is 4.22. The zero-order valence-corrected chi connectivity index (χ0v) is 13.9. The highest BCUT2D eigenvalue weighted by atomic mass is 32.1. The summed E-state index contributed by atoms with van der Waals surface area (Å²) in [6.07, 6.45) is 1.62. The molecule has 3 heterocycles. The van der Waals surface area contributed by atoms with Gasteiger partial charge in [-0.3, -0.25) is 10.2 Å². The molecule has 1 aliphatic rings. The molecular weight excluding hydrogens is 334 g/mol. The number of imidazole rings is 1. The van der Waals surface area contributed by atoms with Crippen molar-refractivity contribution >= 4 is 28.3 Å². The van der Waals surface area contributed by atoms with Crippen LogP contribution in [0.4, 0.5) is 0 Å². The molecule has 0 unspecified atom stereocenters. The third-order valence-corrected chi connectivity index (χ3v) is 5.43. The minimum atomic E-state index is -0.153. The van der Waals surface area contributed by atoms with E-state index in [1.807, 2.05) is 54.6 Å². The fraction of sp³-hybridized carbons (Fsp3) is 0.0526. The third kappa shape index (κ3) is 2.30. The maximum atomic E-state index is 12.7. The molecule has 1 N–H and O–H groups in total. The first-order valence-electron chi connectivity index (χ1n) is 7.88. The molecule has 25 heavy (non-hydrogen) atoms. The van der Waals surface area contributed by atoms with E-state index in [1.165, 1.54) is 11.3 Å². The van der Waals surface area contributed by atoms with Gasteiger partial charge in [-0.05, 0) is 30.3 Å². The maximum absolute atomic E-state index is 12.7. The highest BCUT2D eigenvalue weighted by molar-refractivity contribution is 7.17. The van der Waals surface area contributed by atoms with Crippen LogP contribution in [-0.2, 0) is 6.61 Å². The molecule has 0 spiro atoms. The van der Waals surface area contributed by atoms with Gasteiger partial charge in [0, 0.05) is 16.0 Å². The predicted molar refractivity (Wildman–Crippen MR) is 97.5 cm³/mol. The summed E-state index contributed by atoms with van der Waals surface area (Å²) in [5, 5.41) is 0. The van der Waals surface area contributed by atoms with Crippen LogP contribution in [0.25, 0.3) is 21.5 Å². The van der Waals surface area contributed by atoms with Gasteiger partial charge in [0.2, 0.25) is 0 Å². The predicted octanol–water partition coefficient (Wildman–Crippen LogP) is 4.04. The van der Waals surface area contributed by atoms with Crippen LogP contribution in [0.5, 0.6) is 5.75 Å². The van der Waals surface area contributed by atoms with E-state index >= 15 is 0 Å². The lowest BCUT2D eigenvalue weighted by Gasteiger charge is -2.16. The molecule has 0 atom stereocenters. The summed E-state index contributed by atoms with van der Waals surface area (Å²) >= 11 is 1.49. The van der Waals surface area contributed by atoms with Crippen molar-refractivity contribution in [1.82, 2.24) is 9.66 Å². The first-order chi connectivity index (χ1) is 12.3. The van der Waals surface area contributed by atoms with Gasteiger partial charge < -0.3 is 4.74 Å². The Hall–Kier alpha value is -3.12. The number of amides is 1. The van der Waals surface area contributed by atoms with Crippen LogP contribution in [-0.4, -0.2) is 15.6 Å². The van der Waals surface area contributed by atoms with E-state index in [9.17, 15) is 4.79 Å². The van der Waals surface area contributed by atoms with Crippen LogP contribution in [0.3, 0.4) is 0 Å². The molecule has 0 saturated heterocycles. The molecule has 1 amide bonds. The molecule has 0 bridgehead atoms. The average molecular weight is 347 g/mol. The molecule has 0 aliphatic carbocycles. The number of hydrogen-bond acceptors (Lipinski definition) is 4. The number of rotatable bonds is 2. The number of hydrogen-bond donors (Lipinski definition) is 1. The summed E-state index contributed by atoms with van der Waals surface area (Å²) in [5.41, 5.74) is 6.70. The van der Waals surface area contributed by atoms with E-state index in [0.29, 0.717) is 11.5 Å². The highest BCUT2D eigenvalue weighted by Crippen LogP contribution is 2.42. The average Bonchev–Trinajstić information content (AvgIpc) is 3.26. The topological polar surface area (TPSA) is 56.2 Å². The van der Waals surface area contributed by atoms with Gasteiger partial charge in [0.1, 0.15) is 18.7 Å². The van der Waals surface area contributed by atoms with Gasteiger partial charge >= 0.3 is 0 Å². The molecule has 2 aromatic carbocycles. The van der Waals surface area contributed by atoms with Crippen molar-refractivity contribution in [3.63, 3.8) is 0 Å². The highest BCUT2D eigenvalue weighted by Gasteiger charge is 2.22. The summed E-state index contributed by atoms with van der Waals surface area (Å²) in [6, 6.07) is 17.5. The van der Waals surface area contributed by atoms with Crippen molar-refractivity contribution in [3.05, 3.63) is 71.4 Å². The second-order valence-electron chi connectivity index (χ2n) is 5.79. The zero-order chi connectivity index (χ0) is 16.8. The van der Waals surface area contributed by atoms with Crippen LogP contribution in [0.1, 0.15) is 15.2 Å². The first kappa shape index (κ1) is 14.2. The Bertz CT molecular complexity index is 1110. The number of nitrogens with zero attached hydrogens (tertiary/aromatic N) is 2. The number of thiophene rings is 1. The fourth-order valence-electron chi connectivity index (χ4n) is 3.02. The van der Waals surface area contributed by atoms with Crippen molar-refractivity contribution in [1.29, 1.82) is 0 Å². The van der Waals surface area contributed by atoms with Gasteiger partial charge in [-0.2, -0.15) is 0 Å². The van der Waals surface area contributed by atoms with Gasteiger partial charge in [0.15, 0.2) is 0 Å². The number of fused-ring (bicyclic) bond motifs is 4. The zero-order valence-electron chi connectivity index (χ0n) is 13.1. The van der Waals surface area contributed by atoms with E-state index in [0.717, 1.165) is 32.8 Å². The summed E-state index contributed by atoms with van der Waals surface area (Å²) < 4.78 is 7.42. The van der Waals surface area contributed by atoms with E-state index in [2.05, 4.69) is 10.4 Å². The van der Waals surface area contributed by atoms with Crippen LogP contribution in [0.15, 0.2) is 60.9 Å². The number of ether oxygens (including phenoxy) is 1. The molecule has 6 heteroatoms. The molecular formula is C19H13N3O2S. The van der Waals surface area contributed by atoms with Crippen molar-refractivity contribution in [2.24, 2.45) is 0 Å². The Morgan fingerprint density at radius 1 is 1.16 bits per heavy atom. The molecule has 5 rings (SSSR count). The van der Waals surface area contributed by atoms with Gasteiger partial charge in [-0.1, -0.05) is 24.3 Å². The lowest BCUT2D eigenvalue weighted by Crippen LogP contribution is -2.21. The lowest BCUT2D eigenvalue weighted by atomic mass is 10.1. The minimum absolute atomic E-state index is 0.153. The summed E-state index contributed by atoms with van der Waals surface area (Å²) in [7, 11) is 0. The molecule has 0 saturated carbocycles. The Morgan fingerprint density at radius 2 is 2.00 bits per heavy atom.